The van der Waals surface area contributed by atoms with E-state index in [0.717, 1.165) is 18.4 Å². The molecule has 0 radical (unpaired) electrons. The second-order valence-corrected chi connectivity index (χ2v) is 5.16. The van der Waals surface area contributed by atoms with Crippen LogP contribution in [0.15, 0.2) is 23.3 Å². The lowest BCUT2D eigenvalue weighted by Gasteiger charge is -2.13. The summed E-state index contributed by atoms with van der Waals surface area (Å²) in [5.74, 6) is 0.853. The molecule has 0 spiro atoms. The monoisotopic (exact) mass is 346 g/mol. The first-order valence-electron chi connectivity index (χ1n) is 8.12. The number of nitrogens with one attached hydrogen (secondary N) is 2. The number of guanidine groups is 1. The Morgan fingerprint density at radius 3 is 2.75 bits per heavy atom. The van der Waals surface area contributed by atoms with Crippen LogP contribution in [0.2, 0.25) is 0 Å². The SMILES string of the molecule is CCCCOc1ncccc1CN=C(NCC)NCCC(F)(F)F. The molecule has 2 N–H and O–H groups in total. The molecule has 1 aromatic rings. The molecule has 0 amide bonds. The summed E-state index contributed by atoms with van der Waals surface area (Å²) in [7, 11) is 0. The fourth-order valence-corrected chi connectivity index (χ4v) is 1.82. The Morgan fingerprint density at radius 2 is 2.08 bits per heavy atom. The molecule has 0 saturated heterocycles. The van der Waals surface area contributed by atoms with Gasteiger partial charge in [-0.05, 0) is 19.4 Å². The van der Waals surface area contributed by atoms with Crippen LogP contribution in [0.25, 0.3) is 0 Å². The van der Waals surface area contributed by atoms with E-state index in [0.29, 0.717) is 25.0 Å². The molecule has 0 aliphatic rings. The first-order valence-corrected chi connectivity index (χ1v) is 8.12. The summed E-state index contributed by atoms with van der Waals surface area (Å²) < 4.78 is 42.3. The predicted octanol–water partition coefficient (Wildman–Crippen LogP) is 3.27. The predicted molar refractivity (Wildman–Crippen MR) is 88.1 cm³/mol. The summed E-state index contributed by atoms with van der Waals surface area (Å²) in [6.07, 6.45) is -1.50. The molecule has 0 aliphatic heterocycles. The van der Waals surface area contributed by atoms with E-state index >= 15 is 0 Å². The molecule has 0 aromatic carbocycles. The van der Waals surface area contributed by atoms with Crippen LogP contribution in [0.4, 0.5) is 13.2 Å². The minimum Gasteiger partial charge on any atom is -0.477 e. The van der Waals surface area contributed by atoms with Gasteiger partial charge in [-0.1, -0.05) is 19.4 Å². The quantitative estimate of drug-likeness (QED) is 0.409. The third-order valence-corrected chi connectivity index (χ3v) is 3.04. The summed E-state index contributed by atoms with van der Waals surface area (Å²) in [6, 6.07) is 3.62. The fourth-order valence-electron chi connectivity index (χ4n) is 1.82. The van der Waals surface area contributed by atoms with Gasteiger partial charge in [-0.25, -0.2) is 9.98 Å². The van der Waals surface area contributed by atoms with Gasteiger partial charge in [0.25, 0.3) is 0 Å². The van der Waals surface area contributed by atoms with Gasteiger partial charge in [-0.3, -0.25) is 0 Å². The van der Waals surface area contributed by atoms with Crippen LogP contribution in [0.1, 0.15) is 38.7 Å². The molecule has 1 heterocycles. The summed E-state index contributed by atoms with van der Waals surface area (Å²) in [5, 5.41) is 5.60. The molecule has 0 unspecified atom stereocenters. The summed E-state index contributed by atoms with van der Waals surface area (Å²) in [5.41, 5.74) is 0.793. The van der Waals surface area contributed by atoms with Crippen LogP contribution in [-0.2, 0) is 6.54 Å². The van der Waals surface area contributed by atoms with E-state index in [2.05, 4.69) is 27.5 Å². The first-order chi connectivity index (χ1) is 11.5. The van der Waals surface area contributed by atoms with Crippen molar-refractivity contribution in [1.82, 2.24) is 15.6 Å². The van der Waals surface area contributed by atoms with E-state index in [4.69, 9.17) is 4.74 Å². The first kappa shape index (κ1) is 20.1. The normalized spacial score (nSPS) is 12.1. The van der Waals surface area contributed by atoms with Crippen molar-refractivity contribution >= 4 is 5.96 Å². The minimum atomic E-state index is -4.19. The molecule has 0 bridgehead atoms. The van der Waals surface area contributed by atoms with Crippen LogP contribution in [0.5, 0.6) is 5.88 Å². The van der Waals surface area contributed by atoms with Crippen LogP contribution in [0.3, 0.4) is 0 Å². The second kappa shape index (κ2) is 10.7. The van der Waals surface area contributed by atoms with Crippen molar-refractivity contribution in [1.29, 1.82) is 0 Å². The fraction of sp³-hybridized carbons (Fsp3) is 0.625. The third kappa shape index (κ3) is 8.59. The maximum Gasteiger partial charge on any atom is 0.390 e. The molecule has 5 nitrogen and oxygen atoms in total. The lowest BCUT2D eigenvalue weighted by molar-refractivity contribution is -0.132. The van der Waals surface area contributed by atoms with Gasteiger partial charge in [0.2, 0.25) is 5.88 Å². The number of unbranched alkanes of at least 4 members (excludes halogenated alkanes) is 1. The van der Waals surface area contributed by atoms with Crippen LogP contribution < -0.4 is 15.4 Å². The lowest BCUT2D eigenvalue weighted by atomic mass is 10.2. The number of ether oxygens (including phenoxy) is 1. The Balaban J connectivity index is 2.64. The molecule has 0 saturated carbocycles. The largest absolute Gasteiger partial charge is 0.477 e. The zero-order chi connectivity index (χ0) is 17.8. The highest BCUT2D eigenvalue weighted by Crippen LogP contribution is 2.18. The van der Waals surface area contributed by atoms with Crippen LogP contribution >= 0.6 is 0 Å². The third-order valence-electron chi connectivity index (χ3n) is 3.04. The Kier molecular flexibility index (Phi) is 8.96. The molecule has 8 heteroatoms. The van der Waals surface area contributed by atoms with Gasteiger partial charge >= 0.3 is 6.18 Å². The Hall–Kier alpha value is -1.99. The summed E-state index contributed by atoms with van der Waals surface area (Å²) >= 11 is 0. The maximum atomic E-state index is 12.2. The zero-order valence-electron chi connectivity index (χ0n) is 14.1. The molecular weight excluding hydrogens is 321 g/mol. The van der Waals surface area contributed by atoms with E-state index in [-0.39, 0.29) is 13.1 Å². The highest BCUT2D eigenvalue weighted by molar-refractivity contribution is 5.79. The molecule has 0 fully saturated rings. The lowest BCUT2D eigenvalue weighted by Crippen LogP contribution is -2.38. The van der Waals surface area contributed by atoms with Crippen molar-refractivity contribution in [2.24, 2.45) is 4.99 Å². The summed E-state index contributed by atoms with van der Waals surface area (Å²) in [6.45, 7) is 5.12. The van der Waals surface area contributed by atoms with Crippen LogP contribution in [0, 0.1) is 0 Å². The number of rotatable bonds is 9. The van der Waals surface area contributed by atoms with Crippen molar-refractivity contribution in [2.75, 3.05) is 19.7 Å². The van der Waals surface area contributed by atoms with E-state index in [9.17, 15) is 13.2 Å². The molecular formula is C16H25F3N4O. The van der Waals surface area contributed by atoms with Gasteiger partial charge in [0, 0.05) is 24.8 Å². The summed E-state index contributed by atoms with van der Waals surface area (Å²) in [4.78, 5) is 8.49. The van der Waals surface area contributed by atoms with E-state index in [1.165, 1.54) is 0 Å². The second-order valence-electron chi connectivity index (χ2n) is 5.16. The Bertz CT molecular complexity index is 506. The standard InChI is InChI=1S/C16H25F3N4O/c1-3-5-11-24-14-13(7-6-9-21-14)12-23-15(20-4-2)22-10-8-16(17,18)19/h6-7,9H,3-5,8,10-12H2,1-2H3,(H2,20,22,23). The number of halogens is 3. The highest BCUT2D eigenvalue weighted by atomic mass is 19.4. The van der Waals surface area contributed by atoms with E-state index in [1.54, 1.807) is 12.3 Å². The van der Waals surface area contributed by atoms with E-state index < -0.39 is 12.6 Å². The van der Waals surface area contributed by atoms with Crippen LogP contribution in [-0.4, -0.2) is 36.8 Å². The number of pyridine rings is 1. The van der Waals surface area contributed by atoms with Crippen molar-refractivity contribution < 1.29 is 17.9 Å². The topological polar surface area (TPSA) is 58.5 Å². The zero-order valence-corrected chi connectivity index (χ0v) is 14.1. The molecule has 1 aromatic heterocycles. The number of hydrogen-bond donors (Lipinski definition) is 2. The molecule has 1 rings (SSSR count). The Morgan fingerprint density at radius 1 is 1.29 bits per heavy atom. The van der Waals surface area contributed by atoms with Gasteiger partial charge in [-0.2, -0.15) is 13.2 Å². The molecule has 24 heavy (non-hydrogen) atoms. The number of aliphatic imine (C=N–C) groups is 1. The minimum absolute atomic E-state index is 0.220. The van der Waals surface area contributed by atoms with Crippen molar-refractivity contribution in [3.05, 3.63) is 23.9 Å². The molecule has 0 atom stereocenters. The van der Waals surface area contributed by atoms with Gasteiger partial charge < -0.3 is 15.4 Å². The molecule has 136 valence electrons. The van der Waals surface area contributed by atoms with Crippen molar-refractivity contribution in [3.63, 3.8) is 0 Å². The van der Waals surface area contributed by atoms with Crippen molar-refractivity contribution in [2.45, 2.75) is 45.8 Å². The number of alkyl halides is 3. The van der Waals surface area contributed by atoms with E-state index in [1.807, 2.05) is 13.0 Å². The number of hydrogen-bond acceptors (Lipinski definition) is 3. The number of aromatic nitrogens is 1. The van der Waals surface area contributed by atoms with Gasteiger partial charge in [-0.15, -0.1) is 0 Å². The maximum absolute atomic E-state index is 12.2. The van der Waals surface area contributed by atoms with Gasteiger partial charge in [0.15, 0.2) is 5.96 Å². The average molecular weight is 346 g/mol. The Labute approximate surface area is 140 Å². The van der Waals surface area contributed by atoms with Gasteiger partial charge in [0.1, 0.15) is 0 Å². The molecule has 0 aliphatic carbocycles. The average Bonchev–Trinajstić information content (AvgIpc) is 2.53. The van der Waals surface area contributed by atoms with Crippen molar-refractivity contribution in [3.8, 4) is 5.88 Å². The van der Waals surface area contributed by atoms with Gasteiger partial charge in [0.05, 0.1) is 19.6 Å². The number of nitrogens with zero attached hydrogens (tertiary/aromatic N) is 2. The smallest absolute Gasteiger partial charge is 0.390 e. The highest BCUT2D eigenvalue weighted by Gasteiger charge is 2.26.